The molecule has 0 heterocycles. The lowest BCUT2D eigenvalue weighted by atomic mass is 9.50. The average Bonchev–Trinajstić information content (AvgIpc) is 2.90. The van der Waals surface area contributed by atoms with Crippen LogP contribution in [0.4, 0.5) is 0 Å². The van der Waals surface area contributed by atoms with Crippen molar-refractivity contribution < 1.29 is 4.74 Å². The molecule has 5 rings (SSSR count). The molecule has 3 aliphatic carbocycles. The number of fused-ring (bicyclic) bond motifs is 3. The minimum Gasteiger partial charge on any atom is -0.494 e. The molecule has 3 fully saturated rings. The molecule has 0 aromatic heterocycles. The summed E-state index contributed by atoms with van der Waals surface area (Å²) >= 11 is 0. The normalized spacial score (nSPS) is 23.3. The summed E-state index contributed by atoms with van der Waals surface area (Å²) in [5, 5.41) is 20.3. The van der Waals surface area contributed by atoms with E-state index in [0.717, 1.165) is 48.1 Å². The molecule has 2 aromatic carbocycles. The van der Waals surface area contributed by atoms with Crippen LogP contribution in [0, 0.1) is 28.1 Å². The van der Waals surface area contributed by atoms with Crippen LogP contribution in [0.15, 0.2) is 36.4 Å². The fourth-order valence-electron chi connectivity index (χ4n) is 6.44. The van der Waals surface area contributed by atoms with Crippen molar-refractivity contribution in [3.05, 3.63) is 53.1 Å². The largest absolute Gasteiger partial charge is 0.494 e. The standard InChI is InChI=1S/C31H38N2O/c1-3-5-6-7-14-30-15-18-31(19-16-30,20-17-30)29-13-12-26(27(22-32)28(29)23-33)24-8-10-25(11-9-24)34-21-4-2/h8-13H,3-7,14-21H2,1-2H3. The quantitative estimate of drug-likeness (QED) is 0.338. The summed E-state index contributed by atoms with van der Waals surface area (Å²) in [4.78, 5) is 0. The summed E-state index contributed by atoms with van der Waals surface area (Å²) in [7, 11) is 0. The lowest BCUT2D eigenvalue weighted by molar-refractivity contribution is 0.0303. The van der Waals surface area contributed by atoms with E-state index in [0.29, 0.717) is 23.1 Å². The SMILES string of the molecule is CCCCCCC12CCC(c3ccc(-c4ccc(OCCC)cc4)c(C#N)c3C#N)(CC1)CC2. The molecular weight excluding hydrogens is 416 g/mol. The van der Waals surface area contributed by atoms with Gasteiger partial charge in [0, 0.05) is 5.56 Å². The number of hydrogen-bond donors (Lipinski definition) is 0. The second-order valence-electron chi connectivity index (χ2n) is 10.6. The van der Waals surface area contributed by atoms with Gasteiger partial charge in [-0.3, -0.25) is 0 Å². The van der Waals surface area contributed by atoms with Gasteiger partial charge in [-0.15, -0.1) is 0 Å². The molecule has 34 heavy (non-hydrogen) atoms. The lowest BCUT2D eigenvalue weighted by Crippen LogP contribution is -2.44. The van der Waals surface area contributed by atoms with Gasteiger partial charge < -0.3 is 4.74 Å². The van der Waals surface area contributed by atoms with Crippen LogP contribution < -0.4 is 4.74 Å². The zero-order chi connectivity index (χ0) is 24.0. The molecule has 0 aliphatic heterocycles. The molecule has 2 aromatic rings. The third-order valence-corrected chi connectivity index (χ3v) is 8.60. The van der Waals surface area contributed by atoms with Crippen LogP contribution in [-0.2, 0) is 5.41 Å². The summed E-state index contributed by atoms with van der Waals surface area (Å²) in [5.74, 6) is 0.836. The van der Waals surface area contributed by atoms with Crippen LogP contribution in [0.25, 0.3) is 11.1 Å². The Balaban J connectivity index is 1.58. The number of ether oxygens (including phenoxy) is 1. The van der Waals surface area contributed by atoms with Crippen molar-refractivity contribution in [3.8, 4) is 29.0 Å². The average molecular weight is 455 g/mol. The Hall–Kier alpha value is -2.78. The lowest BCUT2D eigenvalue weighted by Gasteiger charge is -2.54. The fraction of sp³-hybridized carbons (Fsp3) is 0.548. The first-order valence-electron chi connectivity index (χ1n) is 13.3. The van der Waals surface area contributed by atoms with Gasteiger partial charge in [0.1, 0.15) is 17.9 Å². The first kappa shape index (κ1) is 24.3. The van der Waals surface area contributed by atoms with Crippen molar-refractivity contribution >= 4 is 0 Å². The Morgan fingerprint density at radius 1 is 0.765 bits per heavy atom. The zero-order valence-electron chi connectivity index (χ0n) is 21.0. The van der Waals surface area contributed by atoms with E-state index in [-0.39, 0.29) is 5.41 Å². The Morgan fingerprint density at radius 3 is 2.03 bits per heavy atom. The molecule has 0 unspecified atom stereocenters. The second kappa shape index (κ2) is 10.7. The van der Waals surface area contributed by atoms with E-state index in [9.17, 15) is 10.5 Å². The van der Waals surface area contributed by atoms with E-state index < -0.39 is 0 Å². The molecule has 3 saturated carbocycles. The van der Waals surface area contributed by atoms with Crippen LogP contribution in [0.1, 0.15) is 108 Å². The molecule has 0 atom stereocenters. The van der Waals surface area contributed by atoms with Crippen LogP contribution in [0.5, 0.6) is 5.75 Å². The molecule has 3 heteroatoms. The second-order valence-corrected chi connectivity index (χ2v) is 10.6. The summed E-state index contributed by atoms with van der Waals surface area (Å²) in [6.07, 6.45) is 15.0. The minimum atomic E-state index is 0.0677. The van der Waals surface area contributed by atoms with E-state index in [1.165, 1.54) is 51.4 Å². The predicted octanol–water partition coefficient (Wildman–Crippen LogP) is 8.45. The Labute approximate surface area is 205 Å². The van der Waals surface area contributed by atoms with Crippen LogP contribution in [0.3, 0.4) is 0 Å². The maximum absolute atomic E-state index is 10.2. The number of unbranched alkanes of at least 4 members (excludes halogenated alkanes) is 3. The van der Waals surface area contributed by atoms with Crippen LogP contribution >= 0.6 is 0 Å². The third-order valence-electron chi connectivity index (χ3n) is 8.60. The molecular formula is C31H38N2O. The van der Waals surface area contributed by atoms with Crippen molar-refractivity contribution in [1.82, 2.24) is 0 Å². The number of nitriles is 2. The number of nitrogens with zero attached hydrogens (tertiary/aromatic N) is 2. The summed E-state index contributed by atoms with van der Waals surface area (Å²) < 4.78 is 5.71. The molecule has 2 bridgehead atoms. The van der Waals surface area contributed by atoms with Gasteiger partial charge >= 0.3 is 0 Å². The van der Waals surface area contributed by atoms with Crippen LogP contribution in [-0.4, -0.2) is 6.61 Å². The van der Waals surface area contributed by atoms with E-state index in [1.807, 2.05) is 24.3 Å². The van der Waals surface area contributed by atoms with Gasteiger partial charge in [-0.05, 0) is 85.5 Å². The topological polar surface area (TPSA) is 56.8 Å². The molecule has 3 aliphatic rings. The monoisotopic (exact) mass is 454 g/mol. The van der Waals surface area contributed by atoms with Crippen molar-refractivity contribution in [2.75, 3.05) is 6.61 Å². The summed E-state index contributed by atoms with van der Waals surface area (Å²) in [5.41, 5.74) is 4.65. The summed E-state index contributed by atoms with van der Waals surface area (Å²) in [6.45, 7) is 5.06. The molecule has 0 spiro atoms. The first-order chi connectivity index (χ1) is 16.6. The van der Waals surface area contributed by atoms with Gasteiger partial charge in [-0.25, -0.2) is 0 Å². The van der Waals surface area contributed by atoms with Gasteiger partial charge in [-0.1, -0.05) is 63.8 Å². The van der Waals surface area contributed by atoms with Gasteiger partial charge in [0.2, 0.25) is 0 Å². The van der Waals surface area contributed by atoms with Gasteiger partial charge in [0.05, 0.1) is 17.7 Å². The number of rotatable bonds is 10. The number of benzene rings is 2. The predicted molar refractivity (Wildman–Crippen MR) is 138 cm³/mol. The highest BCUT2D eigenvalue weighted by Crippen LogP contribution is 2.60. The van der Waals surface area contributed by atoms with Crippen molar-refractivity contribution in [2.45, 2.75) is 96.3 Å². The molecule has 0 radical (unpaired) electrons. The molecule has 178 valence electrons. The Kier molecular flexibility index (Phi) is 7.63. The van der Waals surface area contributed by atoms with E-state index in [2.05, 4.69) is 38.1 Å². The highest BCUT2D eigenvalue weighted by Gasteiger charge is 2.49. The molecule has 3 nitrogen and oxygen atoms in total. The van der Waals surface area contributed by atoms with Crippen molar-refractivity contribution in [3.63, 3.8) is 0 Å². The highest BCUT2D eigenvalue weighted by atomic mass is 16.5. The molecule has 0 amide bonds. The maximum atomic E-state index is 10.2. The Morgan fingerprint density at radius 2 is 1.44 bits per heavy atom. The van der Waals surface area contributed by atoms with Crippen LogP contribution in [0.2, 0.25) is 0 Å². The van der Waals surface area contributed by atoms with E-state index in [1.54, 1.807) is 0 Å². The maximum Gasteiger partial charge on any atom is 0.119 e. The highest BCUT2D eigenvalue weighted by molar-refractivity contribution is 5.75. The van der Waals surface area contributed by atoms with E-state index >= 15 is 0 Å². The van der Waals surface area contributed by atoms with Gasteiger partial charge in [0.25, 0.3) is 0 Å². The molecule has 0 saturated heterocycles. The fourth-order valence-corrected chi connectivity index (χ4v) is 6.44. The van der Waals surface area contributed by atoms with E-state index in [4.69, 9.17) is 4.74 Å². The number of hydrogen-bond acceptors (Lipinski definition) is 3. The molecule has 0 N–H and O–H groups in total. The van der Waals surface area contributed by atoms with Crippen molar-refractivity contribution in [1.29, 1.82) is 10.5 Å². The first-order valence-corrected chi connectivity index (χ1v) is 13.3. The summed E-state index contributed by atoms with van der Waals surface area (Å²) in [6, 6.07) is 17.0. The van der Waals surface area contributed by atoms with Gasteiger partial charge in [-0.2, -0.15) is 10.5 Å². The minimum absolute atomic E-state index is 0.0677. The smallest absolute Gasteiger partial charge is 0.119 e. The Bertz CT molecular complexity index is 1050. The third kappa shape index (κ3) is 4.72. The van der Waals surface area contributed by atoms with Crippen molar-refractivity contribution in [2.24, 2.45) is 5.41 Å². The van der Waals surface area contributed by atoms with Gasteiger partial charge in [0.15, 0.2) is 0 Å². The zero-order valence-corrected chi connectivity index (χ0v) is 21.0.